The zero-order chi connectivity index (χ0) is 19.0. The number of anilines is 1. The maximum absolute atomic E-state index is 14.6. The molecule has 2 aliphatic heterocycles. The van der Waals surface area contributed by atoms with E-state index in [9.17, 15) is 14.0 Å². The molecule has 0 N–H and O–H groups in total. The number of imide groups is 1. The summed E-state index contributed by atoms with van der Waals surface area (Å²) in [5, 5.41) is 0.324. The molecule has 1 atom stereocenters. The van der Waals surface area contributed by atoms with Crippen LogP contribution >= 0.6 is 23.4 Å². The van der Waals surface area contributed by atoms with Crippen LogP contribution in [-0.2, 0) is 9.59 Å². The van der Waals surface area contributed by atoms with Crippen molar-refractivity contribution in [2.24, 2.45) is 0 Å². The van der Waals surface area contributed by atoms with Gasteiger partial charge in [-0.25, -0.2) is 9.29 Å². The van der Waals surface area contributed by atoms with Crippen LogP contribution in [0.3, 0.4) is 0 Å². The van der Waals surface area contributed by atoms with Crippen LogP contribution < -0.4 is 9.64 Å². The fourth-order valence-corrected chi connectivity index (χ4v) is 4.79. The number of rotatable bonds is 4. The van der Waals surface area contributed by atoms with Gasteiger partial charge in [-0.05, 0) is 43.9 Å². The topological polar surface area (TPSA) is 46.6 Å². The summed E-state index contributed by atoms with van der Waals surface area (Å²) >= 11 is 7.91. The van der Waals surface area contributed by atoms with Crippen molar-refractivity contribution in [3.63, 3.8) is 0 Å². The van der Waals surface area contributed by atoms with Crippen molar-refractivity contribution < 1.29 is 18.7 Å². The highest BCUT2D eigenvalue weighted by molar-refractivity contribution is 8.00. The van der Waals surface area contributed by atoms with Crippen molar-refractivity contribution in [3.05, 3.63) is 46.3 Å². The Bertz CT molecular complexity index is 839. The molecule has 1 aromatic carbocycles. The summed E-state index contributed by atoms with van der Waals surface area (Å²) in [7, 11) is 0. The molecule has 4 rings (SSSR count). The monoisotopic (exact) mass is 407 g/mol. The predicted octanol–water partition coefficient (Wildman–Crippen LogP) is 4.66. The Kier molecular flexibility index (Phi) is 5.28. The van der Waals surface area contributed by atoms with Crippen molar-refractivity contribution in [1.29, 1.82) is 0 Å². The van der Waals surface area contributed by atoms with Crippen molar-refractivity contribution in [3.8, 4) is 5.75 Å². The summed E-state index contributed by atoms with van der Waals surface area (Å²) in [6.07, 6.45) is 8.11. The number of nitrogens with zero attached hydrogens (tertiary/aromatic N) is 1. The lowest BCUT2D eigenvalue weighted by Crippen LogP contribution is -2.32. The van der Waals surface area contributed by atoms with Crippen LogP contribution in [0.4, 0.5) is 10.1 Å². The normalized spacial score (nSPS) is 22.4. The second-order valence-electron chi connectivity index (χ2n) is 6.78. The average Bonchev–Trinajstić information content (AvgIpc) is 2.93. The molecule has 27 heavy (non-hydrogen) atoms. The van der Waals surface area contributed by atoms with Gasteiger partial charge in [-0.1, -0.05) is 23.8 Å². The minimum atomic E-state index is -0.708. The maximum Gasteiger partial charge on any atom is 0.261 e. The average molecular weight is 408 g/mol. The molecule has 0 saturated heterocycles. The summed E-state index contributed by atoms with van der Waals surface area (Å²) in [5.74, 6) is -0.250. The van der Waals surface area contributed by atoms with Gasteiger partial charge in [0, 0.05) is 17.2 Å². The summed E-state index contributed by atoms with van der Waals surface area (Å²) in [6, 6.07) is 2.47. The number of ether oxygens (including phenoxy) is 1. The fraction of sp³-hybridized carbons (Fsp3) is 0.400. The third-order valence-corrected chi connectivity index (χ3v) is 6.49. The van der Waals surface area contributed by atoms with Gasteiger partial charge in [0.2, 0.25) is 0 Å². The molecule has 1 unspecified atom stereocenters. The second-order valence-corrected chi connectivity index (χ2v) is 8.54. The molecule has 0 fully saturated rings. The molecule has 2 amide bonds. The van der Waals surface area contributed by atoms with Crippen LogP contribution in [0.5, 0.6) is 5.75 Å². The number of carbonyl (C=O) groups excluding carboxylic acids is 2. The van der Waals surface area contributed by atoms with E-state index in [0.717, 1.165) is 36.0 Å². The highest BCUT2D eigenvalue weighted by Crippen LogP contribution is 2.39. The van der Waals surface area contributed by atoms with E-state index in [-0.39, 0.29) is 21.7 Å². The van der Waals surface area contributed by atoms with Gasteiger partial charge in [0.25, 0.3) is 11.8 Å². The molecule has 1 aliphatic carbocycles. The van der Waals surface area contributed by atoms with E-state index in [4.69, 9.17) is 16.3 Å². The molecule has 0 radical (unpaired) electrons. The molecule has 2 heterocycles. The Morgan fingerprint density at radius 2 is 1.89 bits per heavy atom. The largest absolute Gasteiger partial charge is 0.490 e. The zero-order valence-corrected chi connectivity index (χ0v) is 16.2. The Morgan fingerprint density at radius 3 is 2.52 bits per heavy atom. The number of carbonyl (C=O) groups is 2. The van der Waals surface area contributed by atoms with E-state index >= 15 is 0 Å². The molecule has 0 bridgehead atoms. The van der Waals surface area contributed by atoms with Gasteiger partial charge < -0.3 is 4.74 Å². The van der Waals surface area contributed by atoms with Gasteiger partial charge in [-0.15, -0.1) is 0 Å². The van der Waals surface area contributed by atoms with E-state index in [1.165, 1.54) is 6.07 Å². The number of hydrogen-bond acceptors (Lipinski definition) is 4. The molecule has 3 aliphatic rings. The van der Waals surface area contributed by atoms with Crippen molar-refractivity contribution in [2.45, 2.75) is 37.4 Å². The molecule has 142 valence electrons. The molecule has 0 aromatic heterocycles. The minimum Gasteiger partial charge on any atom is -0.490 e. The maximum atomic E-state index is 14.6. The van der Waals surface area contributed by atoms with E-state index < -0.39 is 17.6 Å². The highest BCUT2D eigenvalue weighted by Gasteiger charge is 2.41. The van der Waals surface area contributed by atoms with Gasteiger partial charge in [-0.2, -0.15) is 11.8 Å². The van der Waals surface area contributed by atoms with Gasteiger partial charge in [0.05, 0.1) is 16.0 Å². The lowest BCUT2D eigenvalue weighted by molar-refractivity contribution is -0.120. The van der Waals surface area contributed by atoms with Crippen LogP contribution in [0.2, 0.25) is 5.02 Å². The first-order chi connectivity index (χ1) is 13.1. The number of hydrogen-bond donors (Lipinski definition) is 0. The summed E-state index contributed by atoms with van der Waals surface area (Å²) < 4.78 is 20.4. The molecule has 0 spiro atoms. The minimum absolute atomic E-state index is 0.0920. The second kappa shape index (κ2) is 7.68. The predicted molar refractivity (Wildman–Crippen MR) is 105 cm³/mol. The number of thioether (sulfide) groups is 1. The Morgan fingerprint density at radius 1 is 1.19 bits per heavy atom. The first-order valence-corrected chi connectivity index (χ1v) is 10.5. The van der Waals surface area contributed by atoms with Gasteiger partial charge in [0.1, 0.15) is 18.2 Å². The Labute approximate surface area is 166 Å². The SMILES string of the molecule is O=C1C2=C(CCCC2)C(=O)N1c1cc(OCC2C=CCCS2)c(Cl)cc1F. The number of allylic oxidation sites excluding steroid dienone is 1. The van der Waals surface area contributed by atoms with Crippen molar-refractivity contribution in [1.82, 2.24) is 0 Å². The quantitative estimate of drug-likeness (QED) is 0.537. The number of halogens is 2. The lowest BCUT2D eigenvalue weighted by Gasteiger charge is -2.20. The van der Waals surface area contributed by atoms with E-state index in [1.807, 2.05) is 0 Å². The molecule has 1 aromatic rings. The van der Waals surface area contributed by atoms with Gasteiger partial charge in [0.15, 0.2) is 0 Å². The van der Waals surface area contributed by atoms with E-state index in [0.29, 0.717) is 30.6 Å². The van der Waals surface area contributed by atoms with E-state index in [1.54, 1.807) is 11.8 Å². The fourth-order valence-electron chi connectivity index (χ4n) is 3.63. The van der Waals surface area contributed by atoms with Gasteiger partial charge >= 0.3 is 0 Å². The Hall–Kier alpha value is -1.79. The van der Waals surface area contributed by atoms with E-state index in [2.05, 4.69) is 12.2 Å². The van der Waals surface area contributed by atoms with Crippen LogP contribution in [0.15, 0.2) is 35.4 Å². The highest BCUT2D eigenvalue weighted by atomic mass is 35.5. The molecule has 0 saturated carbocycles. The molecule has 4 nitrogen and oxygen atoms in total. The molecular formula is C20H19ClFNO3S. The van der Waals surface area contributed by atoms with Crippen molar-refractivity contribution >= 4 is 40.9 Å². The van der Waals surface area contributed by atoms with Crippen LogP contribution in [0.25, 0.3) is 0 Å². The lowest BCUT2D eigenvalue weighted by atomic mass is 9.93. The van der Waals surface area contributed by atoms with Crippen LogP contribution in [-0.4, -0.2) is 29.4 Å². The third-order valence-electron chi connectivity index (χ3n) is 5.00. The van der Waals surface area contributed by atoms with Crippen LogP contribution in [0.1, 0.15) is 32.1 Å². The smallest absolute Gasteiger partial charge is 0.261 e. The first kappa shape index (κ1) is 18.6. The van der Waals surface area contributed by atoms with Gasteiger partial charge in [-0.3, -0.25) is 9.59 Å². The summed E-state index contributed by atoms with van der Waals surface area (Å²) in [6.45, 7) is 0.391. The Balaban J connectivity index is 1.60. The standard InChI is InChI=1S/C20H19ClFNO3S/c21-15-9-16(22)17(10-18(15)26-11-12-5-3-4-8-27-12)23-19(24)13-6-1-2-7-14(13)20(23)25/h3,5,9-10,12H,1-2,4,6-8,11H2. The number of amides is 2. The molecular weight excluding hydrogens is 389 g/mol. The number of benzene rings is 1. The third kappa shape index (κ3) is 3.52. The zero-order valence-electron chi connectivity index (χ0n) is 14.7. The summed E-state index contributed by atoms with van der Waals surface area (Å²) in [4.78, 5) is 26.3. The first-order valence-electron chi connectivity index (χ1n) is 9.07. The van der Waals surface area contributed by atoms with Crippen LogP contribution in [0, 0.1) is 5.82 Å². The summed E-state index contributed by atoms with van der Waals surface area (Å²) in [5.41, 5.74) is 0.948. The molecule has 7 heteroatoms. The van der Waals surface area contributed by atoms with Crippen molar-refractivity contribution in [2.75, 3.05) is 17.3 Å².